The Labute approximate surface area is 155 Å². The first-order valence-corrected chi connectivity index (χ1v) is 8.25. The molecule has 0 atom stereocenters. The van der Waals surface area contributed by atoms with Crippen LogP contribution in [0.4, 0.5) is 15.8 Å². The lowest BCUT2D eigenvalue weighted by atomic mass is 10.2. The van der Waals surface area contributed by atoms with E-state index in [0.717, 1.165) is 0 Å². The van der Waals surface area contributed by atoms with Gasteiger partial charge in [-0.15, -0.1) is 0 Å². The molecule has 0 aliphatic carbocycles. The van der Waals surface area contributed by atoms with Crippen molar-refractivity contribution in [2.24, 2.45) is 0 Å². The molecule has 0 aromatic heterocycles. The molecule has 0 saturated heterocycles. The van der Waals surface area contributed by atoms with Crippen LogP contribution in [0.1, 0.15) is 10.4 Å². The van der Waals surface area contributed by atoms with Gasteiger partial charge in [-0.3, -0.25) is 9.59 Å². The average molecular weight is 364 g/mol. The Bertz CT molecular complexity index is 928. The number of ether oxygens (including phenoxy) is 1. The van der Waals surface area contributed by atoms with Gasteiger partial charge in [0.1, 0.15) is 11.6 Å². The maximum absolute atomic E-state index is 12.9. The number of amides is 2. The first-order chi connectivity index (χ1) is 13.1. The summed E-state index contributed by atoms with van der Waals surface area (Å²) in [5.41, 5.74) is 1.36. The van der Waals surface area contributed by atoms with Gasteiger partial charge in [0, 0.05) is 16.9 Å². The molecule has 0 aliphatic heterocycles. The first-order valence-electron chi connectivity index (χ1n) is 8.25. The molecule has 0 unspecified atom stereocenters. The van der Waals surface area contributed by atoms with Gasteiger partial charge in [0.05, 0.1) is 0 Å². The van der Waals surface area contributed by atoms with Crippen molar-refractivity contribution in [3.05, 3.63) is 90.2 Å². The molecule has 2 N–H and O–H groups in total. The zero-order valence-electron chi connectivity index (χ0n) is 14.3. The maximum Gasteiger partial charge on any atom is 0.262 e. The van der Waals surface area contributed by atoms with E-state index >= 15 is 0 Å². The summed E-state index contributed by atoms with van der Waals surface area (Å²) in [6, 6.07) is 21.0. The maximum atomic E-state index is 12.9. The minimum absolute atomic E-state index is 0.129. The second kappa shape index (κ2) is 8.62. The standard InChI is InChI=1S/C21H17FN2O3/c22-16-11-9-15(10-12-16)21(26)24-18-6-4-5-17(13-18)23-20(25)14-27-19-7-2-1-3-8-19/h1-13H,14H2,(H,23,25)(H,24,26). The third-order valence-corrected chi connectivity index (χ3v) is 3.62. The Morgan fingerprint density at radius 3 is 2.19 bits per heavy atom. The number of carbonyl (C=O) groups is 2. The normalized spacial score (nSPS) is 10.1. The molecule has 5 nitrogen and oxygen atoms in total. The summed E-state index contributed by atoms with van der Waals surface area (Å²) in [7, 11) is 0. The highest BCUT2D eigenvalue weighted by atomic mass is 19.1. The van der Waals surface area contributed by atoms with Crippen molar-refractivity contribution in [1.29, 1.82) is 0 Å². The van der Waals surface area contributed by atoms with Crippen molar-refractivity contribution >= 4 is 23.2 Å². The summed E-state index contributed by atoms with van der Waals surface area (Å²) < 4.78 is 18.3. The van der Waals surface area contributed by atoms with E-state index in [-0.39, 0.29) is 18.4 Å². The summed E-state index contributed by atoms with van der Waals surface area (Å²) in [5.74, 6) is -0.492. The predicted octanol–water partition coefficient (Wildman–Crippen LogP) is 4.10. The fraction of sp³-hybridized carbons (Fsp3) is 0.0476. The van der Waals surface area contributed by atoms with Gasteiger partial charge in [0.25, 0.3) is 11.8 Å². The third-order valence-electron chi connectivity index (χ3n) is 3.62. The molecule has 3 rings (SSSR count). The number of carbonyl (C=O) groups excluding carboxylic acids is 2. The Morgan fingerprint density at radius 2 is 1.48 bits per heavy atom. The quantitative estimate of drug-likeness (QED) is 0.692. The fourth-order valence-corrected chi connectivity index (χ4v) is 2.34. The van der Waals surface area contributed by atoms with Crippen molar-refractivity contribution in [3.63, 3.8) is 0 Å². The molecular weight excluding hydrogens is 347 g/mol. The number of anilines is 2. The van der Waals surface area contributed by atoms with Crippen LogP contribution in [0.25, 0.3) is 0 Å². The summed E-state index contributed by atoms with van der Waals surface area (Å²) in [6.07, 6.45) is 0. The van der Waals surface area contributed by atoms with Crippen LogP contribution in [0.3, 0.4) is 0 Å². The van der Waals surface area contributed by atoms with Gasteiger partial charge in [-0.2, -0.15) is 0 Å². The topological polar surface area (TPSA) is 67.4 Å². The molecule has 6 heteroatoms. The van der Waals surface area contributed by atoms with Crippen LogP contribution < -0.4 is 15.4 Å². The molecule has 2 amide bonds. The van der Waals surface area contributed by atoms with Crippen LogP contribution in [0.15, 0.2) is 78.9 Å². The molecule has 0 heterocycles. The second-order valence-corrected chi connectivity index (χ2v) is 5.69. The van der Waals surface area contributed by atoms with Crippen molar-refractivity contribution in [2.45, 2.75) is 0 Å². The molecule has 0 spiro atoms. The van der Waals surface area contributed by atoms with Gasteiger partial charge < -0.3 is 15.4 Å². The van der Waals surface area contributed by atoms with Crippen LogP contribution >= 0.6 is 0 Å². The van der Waals surface area contributed by atoms with Gasteiger partial charge in [0.15, 0.2) is 6.61 Å². The number of nitrogens with one attached hydrogen (secondary N) is 2. The van der Waals surface area contributed by atoms with Crippen molar-refractivity contribution in [2.75, 3.05) is 17.2 Å². The minimum Gasteiger partial charge on any atom is -0.484 e. The number of benzene rings is 3. The van der Waals surface area contributed by atoms with Crippen LogP contribution in [-0.4, -0.2) is 18.4 Å². The number of hydrogen-bond donors (Lipinski definition) is 2. The highest BCUT2D eigenvalue weighted by Crippen LogP contribution is 2.16. The van der Waals surface area contributed by atoms with Gasteiger partial charge in [-0.25, -0.2) is 4.39 Å². The molecule has 0 fully saturated rings. The van der Waals surface area contributed by atoms with Crippen LogP contribution in [0.2, 0.25) is 0 Å². The fourth-order valence-electron chi connectivity index (χ4n) is 2.34. The Balaban J connectivity index is 1.57. The molecule has 3 aromatic rings. The van der Waals surface area contributed by atoms with E-state index in [2.05, 4.69) is 10.6 Å². The predicted molar refractivity (Wildman–Crippen MR) is 101 cm³/mol. The van der Waals surface area contributed by atoms with E-state index in [0.29, 0.717) is 22.7 Å². The molecule has 0 radical (unpaired) electrons. The van der Waals surface area contributed by atoms with Gasteiger partial charge in [-0.1, -0.05) is 24.3 Å². The molecular formula is C21H17FN2O3. The molecule has 0 saturated carbocycles. The van der Waals surface area contributed by atoms with E-state index in [4.69, 9.17) is 4.74 Å². The van der Waals surface area contributed by atoms with E-state index in [9.17, 15) is 14.0 Å². The van der Waals surface area contributed by atoms with E-state index in [1.165, 1.54) is 24.3 Å². The Kier molecular flexibility index (Phi) is 5.79. The zero-order valence-corrected chi connectivity index (χ0v) is 14.3. The summed E-state index contributed by atoms with van der Waals surface area (Å²) >= 11 is 0. The molecule has 27 heavy (non-hydrogen) atoms. The highest BCUT2D eigenvalue weighted by molar-refractivity contribution is 6.04. The smallest absolute Gasteiger partial charge is 0.262 e. The third kappa shape index (κ3) is 5.40. The summed E-state index contributed by atoms with van der Waals surface area (Å²) in [6.45, 7) is -0.129. The first kappa shape index (κ1) is 18.1. The zero-order chi connectivity index (χ0) is 19.1. The van der Waals surface area contributed by atoms with Crippen LogP contribution in [-0.2, 0) is 4.79 Å². The van der Waals surface area contributed by atoms with Crippen molar-refractivity contribution in [1.82, 2.24) is 0 Å². The SMILES string of the molecule is O=C(COc1ccccc1)Nc1cccc(NC(=O)c2ccc(F)cc2)c1. The van der Waals surface area contributed by atoms with Crippen molar-refractivity contribution < 1.29 is 18.7 Å². The van der Waals surface area contributed by atoms with Crippen LogP contribution in [0, 0.1) is 5.82 Å². The molecule has 0 aliphatic rings. The molecule has 0 bridgehead atoms. The Hall–Kier alpha value is -3.67. The van der Waals surface area contributed by atoms with E-state index in [1.54, 1.807) is 36.4 Å². The van der Waals surface area contributed by atoms with Gasteiger partial charge >= 0.3 is 0 Å². The molecule has 3 aromatic carbocycles. The minimum atomic E-state index is -0.408. The Morgan fingerprint density at radius 1 is 0.815 bits per heavy atom. The van der Waals surface area contributed by atoms with E-state index < -0.39 is 5.82 Å². The number of para-hydroxylation sites is 1. The number of halogens is 1. The largest absolute Gasteiger partial charge is 0.484 e. The summed E-state index contributed by atoms with van der Waals surface area (Å²) in [4.78, 5) is 24.2. The second-order valence-electron chi connectivity index (χ2n) is 5.69. The van der Waals surface area contributed by atoms with Gasteiger partial charge in [0.2, 0.25) is 0 Å². The highest BCUT2D eigenvalue weighted by Gasteiger charge is 2.08. The summed E-state index contributed by atoms with van der Waals surface area (Å²) in [5, 5.41) is 5.41. The lowest BCUT2D eigenvalue weighted by molar-refractivity contribution is -0.118. The number of rotatable bonds is 6. The average Bonchev–Trinajstić information content (AvgIpc) is 2.68. The van der Waals surface area contributed by atoms with Gasteiger partial charge in [-0.05, 0) is 54.6 Å². The lowest BCUT2D eigenvalue weighted by Gasteiger charge is -2.10. The van der Waals surface area contributed by atoms with Crippen molar-refractivity contribution in [3.8, 4) is 5.75 Å². The molecule has 136 valence electrons. The van der Waals surface area contributed by atoms with Crippen LogP contribution in [0.5, 0.6) is 5.75 Å². The number of hydrogen-bond acceptors (Lipinski definition) is 3. The monoisotopic (exact) mass is 364 g/mol. The lowest BCUT2D eigenvalue weighted by Crippen LogP contribution is -2.20. The van der Waals surface area contributed by atoms with E-state index in [1.807, 2.05) is 18.2 Å².